The third-order valence-corrected chi connectivity index (χ3v) is 15.0. The van der Waals surface area contributed by atoms with Gasteiger partial charge in [0.25, 0.3) is 5.92 Å². The number of anilines is 1. The number of amides is 2. The summed E-state index contributed by atoms with van der Waals surface area (Å²) >= 11 is 6.57. The summed E-state index contributed by atoms with van der Waals surface area (Å²) in [5, 5.41) is 16.9. The number of sulfone groups is 1. The first-order valence-corrected chi connectivity index (χ1v) is 25.7. The average molecular weight is 1140 g/mol. The Hall–Kier alpha value is -7.26. The molecule has 7 rings (SSSR count). The number of nitrogens with one attached hydrogen (secondary N) is 1. The molecule has 0 spiro atoms. The van der Waals surface area contributed by atoms with Crippen LogP contribution in [-0.2, 0) is 75.3 Å². The van der Waals surface area contributed by atoms with E-state index in [2.05, 4.69) is 37.1 Å². The molecule has 1 fully saturated rings. The highest BCUT2D eigenvalue weighted by Crippen LogP contribution is 2.68. The normalized spacial score (nSPS) is 16.6. The molecule has 3 atom stereocenters. The molecular weight excluding hydrogens is 1100 g/mol. The minimum Gasteiger partial charge on any atom is -0.478 e. The lowest BCUT2D eigenvalue weighted by molar-refractivity contribution is -0.146. The summed E-state index contributed by atoms with van der Waals surface area (Å²) in [6.45, 7) is -2.44. The van der Waals surface area contributed by atoms with Gasteiger partial charge < -0.3 is 19.9 Å². The molecule has 3 aromatic heterocycles. The molecule has 1 unspecified atom stereocenters. The lowest BCUT2D eigenvalue weighted by atomic mass is 9.93. The number of carboxylic acids is 1. The zero-order valence-corrected chi connectivity index (χ0v) is 41.5. The SMILES string of the molecule is CC(C)(C#Cc1ccc(-c2ccc(Cl)c3c(N(C(=O)OCOC(=O)/C=C/C(=O)O)S(C)(=O)=O)nn(CC(F)(F)F)c23)c(C(Cc2cc(F)cc(F)c2)NC(=O)Cn2nc(C(F)(F)F)c3c2C(F)(F)[C@@H]2C[C@H]32)n1)S(C)(=O)=O. The summed E-state index contributed by atoms with van der Waals surface area (Å²) in [4.78, 5) is 54.8. The van der Waals surface area contributed by atoms with Crippen molar-refractivity contribution in [2.24, 2.45) is 5.92 Å². The van der Waals surface area contributed by atoms with E-state index in [1.807, 2.05) is 0 Å². The number of esters is 1. The van der Waals surface area contributed by atoms with Crippen molar-refractivity contribution in [3.05, 3.63) is 105 Å². The number of carbonyl (C=O) groups is 4. The van der Waals surface area contributed by atoms with Crippen LogP contribution < -0.4 is 9.62 Å². The molecule has 2 aliphatic carbocycles. The quantitative estimate of drug-likeness (QED) is 0.0343. The molecule has 0 saturated heterocycles. The van der Waals surface area contributed by atoms with Crippen molar-refractivity contribution in [1.82, 2.24) is 29.9 Å². The molecule has 2 amide bonds. The molecule has 2 aromatic carbocycles. The largest absolute Gasteiger partial charge is 0.478 e. The van der Waals surface area contributed by atoms with Gasteiger partial charge in [-0.25, -0.2) is 45.0 Å². The van der Waals surface area contributed by atoms with Crippen LogP contribution in [0.4, 0.5) is 54.5 Å². The Labute approximate surface area is 427 Å². The zero-order valence-electron chi connectivity index (χ0n) is 39.2. The molecule has 2 N–H and O–H groups in total. The molecule has 3 heterocycles. The number of sulfonamides is 1. The van der Waals surface area contributed by atoms with Gasteiger partial charge in [-0.1, -0.05) is 23.6 Å². The maximum Gasteiger partial charge on any atom is 0.435 e. The van der Waals surface area contributed by atoms with Gasteiger partial charge in [-0.3, -0.25) is 14.2 Å². The fourth-order valence-corrected chi connectivity index (χ4v) is 9.40. The number of hydrogen-bond acceptors (Lipinski definition) is 13. The van der Waals surface area contributed by atoms with Gasteiger partial charge in [0.1, 0.15) is 40.9 Å². The van der Waals surface area contributed by atoms with Crippen molar-refractivity contribution in [2.45, 2.75) is 74.8 Å². The lowest BCUT2D eigenvalue weighted by Gasteiger charge is -2.23. The monoisotopic (exact) mass is 1140 g/mol. The number of aromatic nitrogens is 5. The Morgan fingerprint density at radius 3 is 2.18 bits per heavy atom. The first kappa shape index (κ1) is 56.5. The third-order valence-electron chi connectivity index (χ3n) is 11.7. The minimum atomic E-state index is -5.26. The Morgan fingerprint density at radius 1 is 0.947 bits per heavy atom. The van der Waals surface area contributed by atoms with Crippen LogP contribution >= 0.6 is 11.6 Å². The van der Waals surface area contributed by atoms with E-state index < -0.39 is 178 Å². The van der Waals surface area contributed by atoms with Crippen LogP contribution in [0.5, 0.6) is 0 Å². The highest BCUT2D eigenvalue weighted by molar-refractivity contribution is 7.93. The van der Waals surface area contributed by atoms with Gasteiger partial charge in [-0.05, 0) is 74.4 Å². The summed E-state index contributed by atoms with van der Waals surface area (Å²) in [6.07, 6.45) is -11.6. The number of ether oxygens (including phenoxy) is 2. The van der Waals surface area contributed by atoms with E-state index in [-0.39, 0.29) is 31.3 Å². The van der Waals surface area contributed by atoms with Gasteiger partial charge in [-0.15, -0.1) is 0 Å². The molecule has 1 saturated carbocycles. The van der Waals surface area contributed by atoms with E-state index in [1.54, 1.807) is 0 Å². The molecule has 31 heteroatoms. The van der Waals surface area contributed by atoms with Gasteiger partial charge in [0.15, 0.2) is 21.3 Å². The van der Waals surface area contributed by atoms with Crippen molar-refractivity contribution >= 4 is 72.1 Å². The first-order chi connectivity index (χ1) is 35.0. The van der Waals surface area contributed by atoms with Gasteiger partial charge in [0, 0.05) is 47.1 Å². The maximum absolute atomic E-state index is 15.6. The van der Waals surface area contributed by atoms with Gasteiger partial charge in [-0.2, -0.15) is 49.6 Å². The molecule has 406 valence electrons. The minimum absolute atomic E-state index is 0.136. The van der Waals surface area contributed by atoms with Crippen molar-refractivity contribution in [3.8, 4) is 23.0 Å². The van der Waals surface area contributed by atoms with Crippen LogP contribution in [-0.4, -0.2) is 101 Å². The van der Waals surface area contributed by atoms with Crippen LogP contribution in [0, 0.1) is 29.4 Å². The second-order valence-corrected chi connectivity index (χ2v) is 22.5. The number of alkyl halides is 8. The van der Waals surface area contributed by atoms with E-state index in [0.717, 1.165) is 42.7 Å². The Kier molecular flexibility index (Phi) is 14.9. The number of hydrogen-bond donors (Lipinski definition) is 2. The molecule has 76 heavy (non-hydrogen) atoms. The van der Waals surface area contributed by atoms with Crippen molar-refractivity contribution in [2.75, 3.05) is 23.6 Å². The van der Waals surface area contributed by atoms with E-state index in [0.29, 0.717) is 24.5 Å². The number of fused-ring (bicyclic) bond motifs is 4. The number of carbonyl (C=O) groups excluding carboxylic acids is 3. The average Bonchev–Trinajstić information content (AvgIpc) is 3.79. The Bertz CT molecular complexity index is 3550. The zero-order chi connectivity index (χ0) is 56.4. The topological polar surface area (TPSA) is 239 Å². The number of carboxylic acid groups (broad SMARTS) is 1. The summed E-state index contributed by atoms with van der Waals surface area (Å²) in [6, 6.07) is 4.27. The molecular formula is C45H36ClF10N7O11S2. The van der Waals surface area contributed by atoms with Crippen LogP contribution in [0.3, 0.4) is 0 Å². The molecule has 0 bridgehead atoms. The maximum atomic E-state index is 15.6. The molecule has 18 nitrogen and oxygen atoms in total. The Morgan fingerprint density at radius 2 is 1.59 bits per heavy atom. The summed E-state index contributed by atoms with van der Waals surface area (Å²) < 4.78 is 206. The second kappa shape index (κ2) is 20.0. The molecule has 2 aliphatic rings. The van der Waals surface area contributed by atoms with Crippen LogP contribution in [0.25, 0.3) is 22.0 Å². The predicted molar refractivity (Wildman–Crippen MR) is 244 cm³/mol. The van der Waals surface area contributed by atoms with Crippen LogP contribution in [0.1, 0.15) is 66.1 Å². The van der Waals surface area contributed by atoms with Crippen LogP contribution in [0.2, 0.25) is 5.02 Å². The standard InChI is InChI=1S/C45H36ClF10N7O11S2/c1-42(2,75(3,69)70)12-11-24-5-6-25(26-7-8-29(46)35-37(26)62(19-43(49,50)51)60-40(35)63(76(4,71)72)41(68)74-20-73-33(67)10-9-32(65)66)36(57-24)30(15-21-13-22(47)16-23(48)14-21)58-31(64)18-61-39-34(38(59-61)45(54,55)56)27-17-28(27)44(39,52)53/h5-10,13-14,16,27-28,30H,15,17-20H2,1-4H3,(H,58,64)(H,65,66)/b10-9+/t27-,28+,30?/m0/s1. The van der Waals surface area contributed by atoms with E-state index >= 15 is 8.78 Å². The third kappa shape index (κ3) is 11.9. The number of aliphatic carboxylic acids is 1. The number of rotatable bonds is 15. The fourth-order valence-electron chi connectivity index (χ4n) is 8.16. The lowest BCUT2D eigenvalue weighted by Crippen LogP contribution is -2.37. The van der Waals surface area contributed by atoms with Crippen LogP contribution in [0.15, 0.2) is 54.6 Å². The van der Waals surface area contributed by atoms with E-state index in [4.69, 9.17) is 21.4 Å². The number of benzene rings is 2. The number of halogens is 11. The predicted octanol–water partition coefficient (Wildman–Crippen LogP) is 7.34. The summed E-state index contributed by atoms with van der Waals surface area (Å²) in [5.41, 5.74) is -6.50. The summed E-state index contributed by atoms with van der Waals surface area (Å²) in [5.74, 6) is -9.55. The fraction of sp³-hybridized carbons (Fsp3) is 0.356. The van der Waals surface area contributed by atoms with Crippen molar-refractivity contribution < 1.29 is 94.5 Å². The highest BCUT2D eigenvalue weighted by Gasteiger charge is 2.68. The van der Waals surface area contributed by atoms with Gasteiger partial charge >= 0.3 is 30.4 Å². The molecule has 5 aromatic rings. The summed E-state index contributed by atoms with van der Waals surface area (Å²) in [7, 11) is -9.00. The van der Waals surface area contributed by atoms with Gasteiger partial charge in [0.05, 0.1) is 33.9 Å². The van der Waals surface area contributed by atoms with E-state index in [1.165, 1.54) is 13.8 Å². The van der Waals surface area contributed by atoms with Crippen molar-refractivity contribution in [3.63, 3.8) is 0 Å². The van der Waals surface area contributed by atoms with Crippen molar-refractivity contribution in [1.29, 1.82) is 0 Å². The smallest absolute Gasteiger partial charge is 0.435 e. The Balaban J connectivity index is 1.45. The number of nitrogens with zero attached hydrogens (tertiary/aromatic N) is 6. The molecule has 0 aliphatic heterocycles. The molecule has 0 radical (unpaired) electrons. The highest BCUT2D eigenvalue weighted by atomic mass is 35.5. The second-order valence-electron chi connectivity index (χ2n) is 17.7. The number of pyridine rings is 1. The first-order valence-electron chi connectivity index (χ1n) is 21.5. The van der Waals surface area contributed by atoms with E-state index in [9.17, 15) is 71.1 Å². The van der Waals surface area contributed by atoms with Gasteiger partial charge in [0.2, 0.25) is 22.7 Å².